The van der Waals surface area contributed by atoms with Gasteiger partial charge in [-0.1, -0.05) is 79.7 Å². The molecule has 4 aromatic carbocycles. The van der Waals surface area contributed by atoms with Gasteiger partial charge >= 0.3 is 24.4 Å². The Morgan fingerprint density at radius 2 is 0.542 bits per heavy atom. The van der Waals surface area contributed by atoms with Crippen molar-refractivity contribution in [2.24, 2.45) is 71.0 Å². The van der Waals surface area contributed by atoms with Crippen LogP contribution in [0.25, 0.3) is 22.3 Å². The summed E-state index contributed by atoms with van der Waals surface area (Å²) in [5, 5.41) is 0. The summed E-state index contributed by atoms with van der Waals surface area (Å²) in [5.41, 5.74) is 17.5. The van der Waals surface area contributed by atoms with Crippen molar-refractivity contribution in [3.63, 3.8) is 0 Å². The molecule has 4 atom stereocenters. The van der Waals surface area contributed by atoms with Crippen molar-refractivity contribution in [2.75, 3.05) is 80.5 Å². The Labute approximate surface area is 846 Å². The van der Waals surface area contributed by atoms with Crippen molar-refractivity contribution in [3.05, 3.63) is 163 Å². The van der Waals surface area contributed by atoms with Gasteiger partial charge in [-0.2, -0.15) is 0 Å². The summed E-state index contributed by atoms with van der Waals surface area (Å²) in [6.45, 7) is 45.7. The van der Waals surface area contributed by atoms with Crippen LogP contribution < -0.4 is 0 Å². The molecule has 4 heterocycles. The highest BCUT2D eigenvalue weighted by molar-refractivity contribution is 5.89. The van der Waals surface area contributed by atoms with Gasteiger partial charge in [0, 0.05) is 104 Å². The standard InChI is InChI=1S/2C30H43FN2O3.2C29H41FN2O3/c1-19(2)15-27-26-17-22-16-23(31)11-12-24(22)25(26)13-14-33(27)28(34)21-9-7-20(8-10-21)18-32(6)29(35)36-30(3,4)5;1-19(2)15-27-26-16-22-11-12-23(31)17-25(22)24(26)13-14-33(27)28(34)21-9-7-20(8-10-21)18-32(6)29(35)36-30(3,4)5;1-18(2)26-25-16-21-15-22(30)11-12-23(21)24(25)13-14-32(26)27(33)20-9-7-19(8-10-20)17-31(6)28(34)35-29(3,4)5;1-18(2)26-25-15-21-11-12-22(30)16-24(21)23(25)13-14-32(26)27(33)20-9-7-19(8-10-20)17-31(6)28(34)35-29(3,4)5/h11-12,16,19-21,27H,7-10,13-15,17-18H2,1-6H3;11-12,17,19-21,27H,7-10,13-16,18H2,1-6H3;11-12,15,18-20,26H,7-10,13-14,16-17H2,1-6H3;11-12,16,18-20,26H,7-10,13-15,17H2,1-6H3. The van der Waals surface area contributed by atoms with Gasteiger partial charge in [-0.3, -0.25) is 19.2 Å². The van der Waals surface area contributed by atoms with Crippen LogP contribution in [-0.4, -0.2) is 214 Å². The first kappa shape index (κ1) is 110. The molecule has 20 nitrogen and oxygen atoms in total. The Kier molecular flexibility index (Phi) is 35.6. The fraction of sp³-hybridized carbons (Fsp3) is 0.661. The second-order valence-electron chi connectivity index (χ2n) is 49.0. The first-order chi connectivity index (χ1) is 66.7. The Morgan fingerprint density at radius 3 is 0.824 bits per heavy atom. The van der Waals surface area contributed by atoms with E-state index in [-0.39, 0.29) is 119 Å². The normalized spacial score (nSPS) is 24.2. The maximum Gasteiger partial charge on any atom is 0.410 e. The summed E-state index contributed by atoms with van der Waals surface area (Å²) in [4.78, 5) is 120. The van der Waals surface area contributed by atoms with Crippen LogP contribution in [0.15, 0.2) is 95.1 Å². The molecule has 8 amide bonds. The highest BCUT2D eigenvalue weighted by atomic mass is 19.1. The van der Waals surface area contributed by atoms with E-state index in [1.165, 1.54) is 66.8 Å². The molecule has 0 saturated heterocycles. The quantitative estimate of drug-likeness (QED) is 0.0675. The highest BCUT2D eigenvalue weighted by Crippen LogP contribution is 2.51. The SMILES string of the molecule is CC(C)C1C2=C(CCN1C(=O)C1CCC(CN(C)C(=O)OC(C)(C)C)CC1)c1cc(F)ccc1C2.CC(C)C1C2=C(CCN1C(=O)C1CCC(CN(C)C(=O)OC(C)(C)C)CC1)c1ccc(F)cc1C2.CC(C)CC1C2=C(CCN1C(=O)C1CCC(CN(C)C(=O)OC(C)(C)C)CC1)c1cc(F)ccc1C2.CC(C)CC1C2=C(CCN1C(=O)C1CCC(CN(C)C(=O)OC(C)(C)C)CC1)c1ccc(F)cc1C2. The summed E-state index contributed by atoms with van der Waals surface area (Å²) in [6.07, 6.45) is 21.7. The molecular weight excluding hydrogens is 1800 g/mol. The highest BCUT2D eigenvalue weighted by Gasteiger charge is 2.48. The Bertz CT molecular complexity index is 5340. The fourth-order valence-electron chi connectivity index (χ4n) is 25.1. The van der Waals surface area contributed by atoms with Crippen LogP contribution in [0.4, 0.5) is 36.7 Å². The average Bonchev–Trinajstić information content (AvgIpc) is 1.62. The summed E-state index contributed by atoms with van der Waals surface area (Å²) in [5.74, 6) is 3.69. The number of fused-ring (bicyclic) bond motifs is 8. The lowest BCUT2D eigenvalue weighted by Crippen LogP contribution is -2.50. The lowest BCUT2D eigenvalue weighted by Gasteiger charge is -2.42. The van der Waals surface area contributed by atoms with E-state index in [2.05, 4.69) is 75.0 Å². The van der Waals surface area contributed by atoms with Gasteiger partial charge in [0.25, 0.3) is 0 Å². The molecule has 142 heavy (non-hydrogen) atoms. The monoisotopic (exact) mass is 1970 g/mol. The van der Waals surface area contributed by atoms with Crippen LogP contribution in [-0.2, 0) is 63.8 Å². The van der Waals surface area contributed by atoms with Gasteiger partial charge in [0.2, 0.25) is 23.6 Å². The van der Waals surface area contributed by atoms with Crippen LogP contribution in [0, 0.1) is 94.3 Å². The molecule has 0 spiro atoms. The number of benzene rings is 4. The number of ether oxygens (including phenoxy) is 4. The maximum absolute atomic E-state index is 14.0. The van der Waals surface area contributed by atoms with Crippen molar-refractivity contribution < 1.29 is 74.9 Å². The lowest BCUT2D eigenvalue weighted by molar-refractivity contribution is -0.140. The smallest absolute Gasteiger partial charge is 0.410 e. The molecular formula is C118H168F4N8O12. The molecule has 0 N–H and O–H groups in total. The van der Waals surface area contributed by atoms with E-state index in [1.807, 2.05) is 107 Å². The molecule has 4 saturated carbocycles. The molecule has 24 heteroatoms. The minimum atomic E-state index is -0.499. The van der Waals surface area contributed by atoms with Gasteiger partial charge in [-0.25, -0.2) is 36.7 Å². The number of halogens is 4. The molecule has 4 unspecified atom stereocenters. The maximum atomic E-state index is 14.0. The van der Waals surface area contributed by atoms with Crippen molar-refractivity contribution in [3.8, 4) is 0 Å². The van der Waals surface area contributed by atoms with E-state index in [0.29, 0.717) is 86.6 Å². The van der Waals surface area contributed by atoms with Gasteiger partial charge in [0.15, 0.2) is 0 Å². The number of amides is 8. The topological polar surface area (TPSA) is 199 Å². The molecule has 8 aliphatic carbocycles. The predicted molar refractivity (Wildman–Crippen MR) is 554 cm³/mol. The van der Waals surface area contributed by atoms with Crippen LogP contribution in [0.1, 0.15) is 324 Å². The van der Waals surface area contributed by atoms with Gasteiger partial charge in [-0.05, 0) is 435 Å². The van der Waals surface area contributed by atoms with Gasteiger partial charge in [0.1, 0.15) is 45.7 Å². The molecule has 12 aliphatic rings. The second kappa shape index (κ2) is 46.1. The van der Waals surface area contributed by atoms with Crippen molar-refractivity contribution in [1.82, 2.24) is 39.2 Å². The van der Waals surface area contributed by atoms with Crippen molar-refractivity contribution >= 4 is 70.3 Å². The van der Waals surface area contributed by atoms with E-state index in [1.54, 1.807) is 96.3 Å². The van der Waals surface area contributed by atoms with E-state index in [9.17, 15) is 55.9 Å². The summed E-state index contributed by atoms with van der Waals surface area (Å²) < 4.78 is 77.6. The minimum absolute atomic E-state index is 0.0442. The van der Waals surface area contributed by atoms with Crippen LogP contribution in [0.2, 0.25) is 0 Å². The molecule has 0 radical (unpaired) electrons. The van der Waals surface area contributed by atoms with Crippen molar-refractivity contribution in [2.45, 2.75) is 352 Å². The number of rotatable bonds is 18. The average molecular weight is 1970 g/mol. The van der Waals surface area contributed by atoms with Gasteiger partial charge in [-0.15, -0.1) is 0 Å². The number of hydrogen-bond acceptors (Lipinski definition) is 12. The molecule has 0 aromatic heterocycles. The zero-order valence-corrected chi connectivity index (χ0v) is 90.2. The number of carbonyl (C=O) groups excluding carboxylic acids is 8. The van der Waals surface area contributed by atoms with Crippen LogP contribution >= 0.6 is 0 Å². The largest absolute Gasteiger partial charge is 0.444 e. The fourth-order valence-corrected chi connectivity index (χ4v) is 25.1. The first-order valence-corrected chi connectivity index (χ1v) is 53.7. The van der Waals surface area contributed by atoms with Crippen LogP contribution in [0.3, 0.4) is 0 Å². The lowest BCUT2D eigenvalue weighted by atomic mass is 9.79. The Balaban J connectivity index is 0.000000159. The Morgan fingerprint density at radius 1 is 0.310 bits per heavy atom. The van der Waals surface area contributed by atoms with Gasteiger partial charge in [0.05, 0.1) is 24.2 Å². The molecule has 4 fully saturated rings. The Hall–Kier alpha value is -9.48. The summed E-state index contributed by atoms with van der Waals surface area (Å²) in [6, 6.07) is 20.9. The molecule has 4 aromatic rings. The van der Waals surface area contributed by atoms with E-state index in [0.717, 1.165) is 202 Å². The molecule has 4 aliphatic heterocycles. The summed E-state index contributed by atoms with van der Waals surface area (Å²) >= 11 is 0. The predicted octanol–water partition coefficient (Wildman–Crippen LogP) is 25.0. The second-order valence-corrected chi connectivity index (χ2v) is 49.0. The number of carbonyl (C=O) groups is 8. The zero-order valence-electron chi connectivity index (χ0n) is 90.2. The van der Waals surface area contributed by atoms with Gasteiger partial charge < -0.3 is 58.1 Å². The third kappa shape index (κ3) is 27.4. The molecule has 780 valence electrons. The van der Waals surface area contributed by atoms with E-state index in [4.69, 9.17) is 18.9 Å². The molecule has 16 rings (SSSR count). The van der Waals surface area contributed by atoms with E-state index >= 15 is 0 Å². The number of hydrogen-bond donors (Lipinski definition) is 0. The van der Waals surface area contributed by atoms with Crippen molar-refractivity contribution in [1.29, 1.82) is 0 Å². The van der Waals surface area contributed by atoms with Crippen LogP contribution in [0.5, 0.6) is 0 Å². The first-order valence-electron chi connectivity index (χ1n) is 53.7. The zero-order chi connectivity index (χ0) is 103. The minimum Gasteiger partial charge on any atom is -0.444 e. The third-order valence-electron chi connectivity index (χ3n) is 31.5. The third-order valence-corrected chi connectivity index (χ3v) is 31.5. The number of nitrogens with zero attached hydrogens (tertiary/aromatic N) is 8. The van der Waals surface area contributed by atoms with E-state index < -0.39 is 22.4 Å². The summed E-state index contributed by atoms with van der Waals surface area (Å²) in [7, 11) is 7.19. The molecule has 0 bridgehead atoms.